The highest BCUT2D eigenvalue weighted by atomic mass is 16.3. The standard InChI is InChI=1S/C11H14O3/c1-2-3-9-10(7-13)8(6-12)4-5-11(9)14/h2,4-5,12-14H,1,3,6-7H2. The third kappa shape index (κ3) is 1.95. The summed E-state index contributed by atoms with van der Waals surface area (Å²) in [5, 5.41) is 27.7. The smallest absolute Gasteiger partial charge is 0.119 e. The van der Waals surface area contributed by atoms with E-state index in [0.29, 0.717) is 23.1 Å². The molecule has 0 aromatic heterocycles. The fourth-order valence-electron chi connectivity index (χ4n) is 1.45. The predicted octanol–water partition coefficient (Wildman–Crippen LogP) is 1.11. The Kier molecular flexibility index (Phi) is 3.68. The fourth-order valence-corrected chi connectivity index (χ4v) is 1.45. The largest absolute Gasteiger partial charge is 0.508 e. The van der Waals surface area contributed by atoms with E-state index in [0.717, 1.165) is 0 Å². The number of hydrogen-bond donors (Lipinski definition) is 3. The molecule has 0 saturated carbocycles. The predicted molar refractivity (Wildman–Crippen MR) is 53.9 cm³/mol. The minimum absolute atomic E-state index is 0.131. The van der Waals surface area contributed by atoms with E-state index in [-0.39, 0.29) is 19.0 Å². The van der Waals surface area contributed by atoms with Crippen LogP contribution in [0, 0.1) is 0 Å². The van der Waals surface area contributed by atoms with Crippen molar-refractivity contribution in [2.24, 2.45) is 0 Å². The lowest BCUT2D eigenvalue weighted by Crippen LogP contribution is -2.00. The third-order valence-electron chi connectivity index (χ3n) is 2.18. The van der Waals surface area contributed by atoms with Gasteiger partial charge in [0.2, 0.25) is 0 Å². The van der Waals surface area contributed by atoms with Gasteiger partial charge in [-0.25, -0.2) is 0 Å². The lowest BCUT2D eigenvalue weighted by atomic mass is 9.98. The quantitative estimate of drug-likeness (QED) is 0.629. The van der Waals surface area contributed by atoms with Crippen LogP contribution in [0.1, 0.15) is 16.7 Å². The molecule has 1 aromatic rings. The van der Waals surface area contributed by atoms with Gasteiger partial charge in [0.05, 0.1) is 13.2 Å². The first kappa shape index (κ1) is 10.8. The molecule has 0 aliphatic heterocycles. The summed E-state index contributed by atoms with van der Waals surface area (Å²) in [5.74, 6) is 0.131. The van der Waals surface area contributed by atoms with E-state index >= 15 is 0 Å². The lowest BCUT2D eigenvalue weighted by molar-refractivity contribution is 0.258. The zero-order valence-electron chi connectivity index (χ0n) is 7.90. The molecule has 3 heteroatoms. The Morgan fingerprint density at radius 2 is 1.86 bits per heavy atom. The summed E-state index contributed by atoms with van der Waals surface area (Å²) in [6.07, 6.45) is 2.13. The zero-order valence-corrected chi connectivity index (χ0v) is 7.90. The number of aliphatic hydroxyl groups excluding tert-OH is 2. The average molecular weight is 194 g/mol. The van der Waals surface area contributed by atoms with Crippen molar-refractivity contribution in [2.75, 3.05) is 0 Å². The second kappa shape index (κ2) is 4.79. The van der Waals surface area contributed by atoms with Gasteiger partial charge in [0.25, 0.3) is 0 Å². The molecule has 1 aromatic carbocycles. The second-order valence-corrected chi connectivity index (χ2v) is 3.01. The molecule has 0 fully saturated rings. The summed E-state index contributed by atoms with van der Waals surface area (Å²) >= 11 is 0. The van der Waals surface area contributed by atoms with Crippen molar-refractivity contribution in [2.45, 2.75) is 19.6 Å². The van der Waals surface area contributed by atoms with Gasteiger partial charge >= 0.3 is 0 Å². The SMILES string of the molecule is C=CCc1c(O)ccc(CO)c1CO. The van der Waals surface area contributed by atoms with Crippen molar-refractivity contribution in [1.82, 2.24) is 0 Å². The van der Waals surface area contributed by atoms with Gasteiger partial charge in [0, 0.05) is 5.56 Å². The minimum atomic E-state index is -0.187. The molecule has 0 unspecified atom stereocenters. The zero-order chi connectivity index (χ0) is 10.6. The number of rotatable bonds is 4. The molecule has 0 radical (unpaired) electrons. The highest BCUT2D eigenvalue weighted by Gasteiger charge is 2.10. The maximum Gasteiger partial charge on any atom is 0.119 e. The Labute approximate surface area is 82.9 Å². The first-order chi connectivity index (χ1) is 6.74. The molecule has 0 bridgehead atoms. The summed E-state index contributed by atoms with van der Waals surface area (Å²) in [5.41, 5.74) is 1.86. The molecule has 0 atom stereocenters. The number of allylic oxidation sites excluding steroid dienone is 1. The van der Waals surface area contributed by atoms with Crippen molar-refractivity contribution in [1.29, 1.82) is 0 Å². The highest BCUT2D eigenvalue weighted by molar-refractivity contribution is 5.44. The van der Waals surface area contributed by atoms with Crippen LogP contribution in [0.15, 0.2) is 24.8 Å². The van der Waals surface area contributed by atoms with Crippen LogP contribution in [0.5, 0.6) is 5.75 Å². The van der Waals surface area contributed by atoms with Crippen LogP contribution in [0.3, 0.4) is 0 Å². The Balaban J connectivity index is 3.26. The van der Waals surface area contributed by atoms with E-state index in [4.69, 9.17) is 10.2 Å². The summed E-state index contributed by atoms with van der Waals surface area (Å²) < 4.78 is 0. The fraction of sp³-hybridized carbons (Fsp3) is 0.273. The Morgan fingerprint density at radius 3 is 2.36 bits per heavy atom. The monoisotopic (exact) mass is 194 g/mol. The van der Waals surface area contributed by atoms with Crippen molar-refractivity contribution in [3.8, 4) is 5.75 Å². The van der Waals surface area contributed by atoms with E-state index in [1.54, 1.807) is 12.1 Å². The van der Waals surface area contributed by atoms with Crippen LogP contribution in [-0.4, -0.2) is 15.3 Å². The van der Waals surface area contributed by atoms with Gasteiger partial charge in [-0.1, -0.05) is 12.1 Å². The Hall–Kier alpha value is -1.32. The van der Waals surface area contributed by atoms with E-state index in [2.05, 4.69) is 6.58 Å². The summed E-state index contributed by atoms with van der Waals surface area (Å²) in [6, 6.07) is 3.12. The van der Waals surface area contributed by atoms with Gasteiger partial charge in [-0.05, 0) is 23.6 Å². The van der Waals surface area contributed by atoms with Gasteiger partial charge < -0.3 is 15.3 Å². The molecule has 1 rings (SSSR count). The molecule has 0 saturated heterocycles. The van der Waals surface area contributed by atoms with E-state index in [1.807, 2.05) is 0 Å². The lowest BCUT2D eigenvalue weighted by Gasteiger charge is -2.11. The minimum Gasteiger partial charge on any atom is -0.508 e. The molecule has 0 amide bonds. The first-order valence-electron chi connectivity index (χ1n) is 4.39. The summed E-state index contributed by atoms with van der Waals surface area (Å²) in [4.78, 5) is 0. The van der Waals surface area contributed by atoms with Crippen molar-refractivity contribution >= 4 is 0 Å². The molecule has 0 heterocycles. The number of aliphatic hydroxyl groups is 2. The van der Waals surface area contributed by atoms with Gasteiger partial charge in [0.1, 0.15) is 5.75 Å². The van der Waals surface area contributed by atoms with Crippen molar-refractivity contribution in [3.63, 3.8) is 0 Å². The van der Waals surface area contributed by atoms with Gasteiger partial charge in [-0.2, -0.15) is 0 Å². The Morgan fingerprint density at radius 1 is 1.14 bits per heavy atom. The molecule has 3 N–H and O–H groups in total. The second-order valence-electron chi connectivity index (χ2n) is 3.01. The molecule has 0 spiro atoms. The highest BCUT2D eigenvalue weighted by Crippen LogP contribution is 2.25. The number of phenols is 1. The van der Waals surface area contributed by atoms with E-state index in [9.17, 15) is 5.11 Å². The van der Waals surface area contributed by atoms with Crippen LogP contribution in [0.2, 0.25) is 0 Å². The Bertz CT molecular complexity index is 332. The van der Waals surface area contributed by atoms with Crippen LogP contribution in [0.25, 0.3) is 0 Å². The molecule has 0 aliphatic carbocycles. The molecular weight excluding hydrogens is 180 g/mol. The maximum absolute atomic E-state index is 9.53. The van der Waals surface area contributed by atoms with Crippen molar-refractivity contribution < 1.29 is 15.3 Å². The number of hydrogen-bond acceptors (Lipinski definition) is 3. The van der Waals surface area contributed by atoms with Gasteiger partial charge in [0.15, 0.2) is 0 Å². The molecular formula is C11H14O3. The van der Waals surface area contributed by atoms with Crippen LogP contribution < -0.4 is 0 Å². The molecule has 14 heavy (non-hydrogen) atoms. The average Bonchev–Trinajstić information content (AvgIpc) is 2.21. The number of phenolic OH excluding ortho intramolecular Hbond substituents is 1. The topological polar surface area (TPSA) is 60.7 Å². The molecule has 76 valence electrons. The van der Waals surface area contributed by atoms with Gasteiger partial charge in [-0.3, -0.25) is 0 Å². The van der Waals surface area contributed by atoms with Crippen LogP contribution in [0.4, 0.5) is 0 Å². The maximum atomic E-state index is 9.53. The number of aromatic hydroxyl groups is 1. The molecule has 0 aliphatic rings. The molecule has 3 nitrogen and oxygen atoms in total. The first-order valence-corrected chi connectivity index (χ1v) is 4.39. The summed E-state index contributed by atoms with van der Waals surface area (Å²) in [7, 11) is 0. The van der Waals surface area contributed by atoms with Gasteiger partial charge in [-0.15, -0.1) is 6.58 Å². The number of benzene rings is 1. The summed E-state index contributed by atoms with van der Waals surface area (Å²) in [6.45, 7) is 3.25. The van der Waals surface area contributed by atoms with E-state index in [1.165, 1.54) is 6.07 Å². The van der Waals surface area contributed by atoms with E-state index < -0.39 is 0 Å². The van der Waals surface area contributed by atoms with Crippen LogP contribution in [-0.2, 0) is 19.6 Å². The van der Waals surface area contributed by atoms with Crippen molar-refractivity contribution in [3.05, 3.63) is 41.5 Å². The van der Waals surface area contributed by atoms with Crippen LogP contribution >= 0.6 is 0 Å². The normalized spacial score (nSPS) is 10.1. The third-order valence-corrected chi connectivity index (χ3v) is 2.18.